The molecule has 2 fully saturated rings. The predicted octanol–water partition coefficient (Wildman–Crippen LogP) is 2.92. The van der Waals surface area contributed by atoms with Crippen molar-refractivity contribution in [3.8, 4) is 0 Å². The van der Waals surface area contributed by atoms with Crippen LogP contribution in [-0.2, 0) is 4.79 Å². The minimum absolute atomic E-state index is 0.0755. The average Bonchev–Trinajstić information content (AvgIpc) is 3.22. The van der Waals surface area contributed by atoms with Crippen molar-refractivity contribution in [2.75, 3.05) is 19.6 Å². The van der Waals surface area contributed by atoms with Crippen molar-refractivity contribution in [1.82, 2.24) is 10.2 Å². The van der Waals surface area contributed by atoms with E-state index < -0.39 is 0 Å². The van der Waals surface area contributed by atoms with E-state index in [-0.39, 0.29) is 23.8 Å². The lowest BCUT2D eigenvalue weighted by molar-refractivity contribution is -0.135. The van der Waals surface area contributed by atoms with Crippen molar-refractivity contribution < 1.29 is 4.79 Å². The molecule has 1 saturated heterocycles. The lowest BCUT2D eigenvalue weighted by Gasteiger charge is -2.34. The number of piperazine rings is 1. The van der Waals surface area contributed by atoms with E-state index in [2.05, 4.69) is 12.2 Å². The summed E-state index contributed by atoms with van der Waals surface area (Å²) in [6.45, 7) is 4.65. The molecule has 3 nitrogen and oxygen atoms in total. The van der Waals surface area contributed by atoms with Crippen molar-refractivity contribution in [3.63, 3.8) is 0 Å². The molecule has 0 radical (unpaired) electrons. The van der Waals surface area contributed by atoms with Crippen LogP contribution in [0.15, 0.2) is 18.2 Å². The summed E-state index contributed by atoms with van der Waals surface area (Å²) in [7, 11) is 0. The summed E-state index contributed by atoms with van der Waals surface area (Å²) in [5, 5.41) is 4.47. The fourth-order valence-corrected chi connectivity index (χ4v) is 3.45. The molecule has 3 rings (SSSR count). The molecule has 1 aliphatic heterocycles. The Morgan fingerprint density at radius 1 is 1.40 bits per heavy atom. The van der Waals surface area contributed by atoms with E-state index in [4.69, 9.17) is 23.2 Å². The van der Waals surface area contributed by atoms with Gasteiger partial charge in [-0.05, 0) is 30.9 Å². The lowest BCUT2D eigenvalue weighted by atomic mass is 10.1. The normalized spacial score (nSPS) is 29.4. The molecule has 1 heterocycles. The molecule has 108 valence electrons. The maximum absolute atomic E-state index is 12.6. The summed E-state index contributed by atoms with van der Waals surface area (Å²) in [4.78, 5) is 14.6. The smallest absolute Gasteiger partial charge is 0.226 e. The van der Waals surface area contributed by atoms with Gasteiger partial charge < -0.3 is 10.2 Å². The molecular formula is C15H18Cl2N2O. The number of benzene rings is 1. The first-order chi connectivity index (χ1) is 9.59. The SMILES string of the molecule is CC1CNCCN1C(=O)C1CC1c1cccc(Cl)c1Cl. The predicted molar refractivity (Wildman–Crippen MR) is 81.4 cm³/mol. The Morgan fingerprint density at radius 3 is 2.95 bits per heavy atom. The monoisotopic (exact) mass is 312 g/mol. The molecule has 1 amide bonds. The number of halogens is 2. The number of carbonyl (C=O) groups is 1. The largest absolute Gasteiger partial charge is 0.337 e. The molecule has 2 aliphatic rings. The van der Waals surface area contributed by atoms with E-state index in [9.17, 15) is 4.79 Å². The quantitative estimate of drug-likeness (QED) is 0.910. The number of hydrogen-bond donors (Lipinski definition) is 1. The van der Waals surface area contributed by atoms with Crippen molar-refractivity contribution in [2.24, 2.45) is 5.92 Å². The van der Waals surface area contributed by atoms with Crippen molar-refractivity contribution >= 4 is 29.1 Å². The first-order valence-electron chi connectivity index (χ1n) is 7.04. The van der Waals surface area contributed by atoms with Gasteiger partial charge in [-0.25, -0.2) is 0 Å². The third-order valence-electron chi connectivity index (χ3n) is 4.27. The van der Waals surface area contributed by atoms with Crippen LogP contribution in [0.25, 0.3) is 0 Å². The summed E-state index contributed by atoms with van der Waals surface area (Å²) in [6.07, 6.45) is 0.884. The Balaban J connectivity index is 1.72. The van der Waals surface area contributed by atoms with E-state index in [0.29, 0.717) is 10.0 Å². The standard InChI is InChI=1S/C15H18Cl2N2O/c1-9-8-18-5-6-19(9)15(20)12-7-11(12)10-3-2-4-13(16)14(10)17/h2-4,9,11-12,18H,5-8H2,1H3. The summed E-state index contributed by atoms with van der Waals surface area (Å²) >= 11 is 12.3. The zero-order valence-electron chi connectivity index (χ0n) is 11.4. The Labute approximate surface area is 129 Å². The van der Waals surface area contributed by atoms with Gasteiger partial charge in [-0.3, -0.25) is 4.79 Å². The number of carbonyl (C=O) groups excluding carboxylic acids is 1. The highest BCUT2D eigenvalue weighted by molar-refractivity contribution is 6.42. The maximum Gasteiger partial charge on any atom is 0.226 e. The van der Waals surface area contributed by atoms with Crippen LogP contribution in [0, 0.1) is 5.92 Å². The van der Waals surface area contributed by atoms with Crippen LogP contribution < -0.4 is 5.32 Å². The van der Waals surface area contributed by atoms with Crippen LogP contribution in [-0.4, -0.2) is 36.5 Å². The van der Waals surface area contributed by atoms with Gasteiger partial charge in [0.2, 0.25) is 5.91 Å². The van der Waals surface area contributed by atoms with Gasteiger partial charge in [0.25, 0.3) is 0 Å². The van der Waals surface area contributed by atoms with Gasteiger partial charge in [-0.1, -0.05) is 35.3 Å². The number of nitrogens with zero attached hydrogens (tertiary/aromatic N) is 1. The third-order valence-corrected chi connectivity index (χ3v) is 5.11. The fourth-order valence-electron chi connectivity index (χ4n) is 3.00. The van der Waals surface area contributed by atoms with Gasteiger partial charge in [-0.15, -0.1) is 0 Å². The summed E-state index contributed by atoms with van der Waals surface area (Å²) < 4.78 is 0. The van der Waals surface area contributed by atoms with Crippen molar-refractivity contribution in [3.05, 3.63) is 33.8 Å². The molecule has 1 aromatic rings. The van der Waals surface area contributed by atoms with Gasteiger partial charge in [0, 0.05) is 31.6 Å². The van der Waals surface area contributed by atoms with E-state index in [1.165, 1.54) is 0 Å². The van der Waals surface area contributed by atoms with Gasteiger partial charge >= 0.3 is 0 Å². The minimum Gasteiger partial charge on any atom is -0.337 e. The second-order valence-electron chi connectivity index (χ2n) is 5.68. The first-order valence-corrected chi connectivity index (χ1v) is 7.80. The molecule has 0 aromatic heterocycles. The second-order valence-corrected chi connectivity index (χ2v) is 6.46. The van der Waals surface area contributed by atoms with Gasteiger partial charge in [0.05, 0.1) is 10.0 Å². The Bertz CT molecular complexity index is 535. The van der Waals surface area contributed by atoms with Crippen molar-refractivity contribution in [1.29, 1.82) is 0 Å². The molecule has 1 aromatic carbocycles. The summed E-state index contributed by atoms with van der Waals surface area (Å²) in [5.41, 5.74) is 1.01. The van der Waals surface area contributed by atoms with Crippen LogP contribution >= 0.6 is 23.2 Å². The van der Waals surface area contributed by atoms with Crippen LogP contribution in [0.3, 0.4) is 0 Å². The number of amides is 1. The average molecular weight is 313 g/mol. The molecular weight excluding hydrogens is 295 g/mol. The molecule has 1 saturated carbocycles. The molecule has 3 unspecified atom stereocenters. The maximum atomic E-state index is 12.6. The summed E-state index contributed by atoms with van der Waals surface area (Å²) in [6, 6.07) is 5.93. The number of rotatable bonds is 2. The van der Waals surface area contributed by atoms with Crippen LogP contribution in [0.4, 0.5) is 0 Å². The zero-order chi connectivity index (χ0) is 14.3. The Morgan fingerprint density at radius 2 is 2.20 bits per heavy atom. The Hall–Kier alpha value is -0.770. The van der Waals surface area contributed by atoms with Crippen LogP contribution in [0.5, 0.6) is 0 Å². The molecule has 5 heteroatoms. The highest BCUT2D eigenvalue weighted by atomic mass is 35.5. The van der Waals surface area contributed by atoms with Crippen molar-refractivity contribution in [2.45, 2.75) is 25.3 Å². The van der Waals surface area contributed by atoms with E-state index in [1.54, 1.807) is 6.07 Å². The molecule has 3 atom stereocenters. The summed E-state index contributed by atoms with van der Waals surface area (Å²) in [5.74, 6) is 0.572. The third kappa shape index (κ3) is 2.54. The molecule has 0 spiro atoms. The molecule has 1 N–H and O–H groups in total. The van der Waals surface area contributed by atoms with Crippen LogP contribution in [0.1, 0.15) is 24.8 Å². The molecule has 20 heavy (non-hydrogen) atoms. The molecule has 1 aliphatic carbocycles. The van der Waals surface area contributed by atoms with E-state index in [0.717, 1.165) is 31.6 Å². The van der Waals surface area contributed by atoms with E-state index in [1.807, 2.05) is 17.0 Å². The van der Waals surface area contributed by atoms with Gasteiger partial charge in [0.1, 0.15) is 0 Å². The zero-order valence-corrected chi connectivity index (χ0v) is 12.9. The number of hydrogen-bond acceptors (Lipinski definition) is 2. The highest BCUT2D eigenvalue weighted by Gasteiger charge is 2.47. The van der Waals surface area contributed by atoms with Gasteiger partial charge in [0.15, 0.2) is 0 Å². The van der Waals surface area contributed by atoms with E-state index >= 15 is 0 Å². The molecule has 0 bridgehead atoms. The number of nitrogens with one attached hydrogen (secondary N) is 1. The topological polar surface area (TPSA) is 32.3 Å². The lowest BCUT2D eigenvalue weighted by Crippen LogP contribution is -2.52. The van der Waals surface area contributed by atoms with Gasteiger partial charge in [-0.2, -0.15) is 0 Å². The first kappa shape index (κ1) is 14.2. The second kappa shape index (κ2) is 5.55. The minimum atomic E-state index is 0.0755. The fraction of sp³-hybridized carbons (Fsp3) is 0.533. The van der Waals surface area contributed by atoms with Crippen LogP contribution in [0.2, 0.25) is 10.0 Å². The highest BCUT2D eigenvalue weighted by Crippen LogP contribution is 2.51. The Kier molecular flexibility index (Phi) is 3.93.